The number of aromatic nitrogens is 2. The minimum Gasteiger partial charge on any atom is -0.381 e. The molecule has 5 heteroatoms. The Kier molecular flexibility index (Phi) is 5.79. The minimum absolute atomic E-state index is 0.118. The van der Waals surface area contributed by atoms with E-state index in [0.717, 1.165) is 63.4 Å². The molecule has 0 spiro atoms. The smallest absolute Gasteiger partial charge is 0.257 e. The molecule has 0 bridgehead atoms. The summed E-state index contributed by atoms with van der Waals surface area (Å²) in [5.74, 6) is 0.597. The Morgan fingerprint density at radius 1 is 1.43 bits per heavy atom. The predicted octanol–water partition coefficient (Wildman–Crippen LogP) is 2.49. The second-order valence-electron chi connectivity index (χ2n) is 5.85. The van der Waals surface area contributed by atoms with Crippen LogP contribution < -0.4 is 0 Å². The van der Waals surface area contributed by atoms with Crippen molar-refractivity contribution in [2.24, 2.45) is 5.92 Å². The SMILES string of the molecule is CCCOCC1CCN(C(=O)c2cnn(CCC)c2C)C1. The van der Waals surface area contributed by atoms with Gasteiger partial charge in [0.1, 0.15) is 0 Å². The second-order valence-corrected chi connectivity index (χ2v) is 5.85. The van der Waals surface area contributed by atoms with Crippen LogP contribution in [0.3, 0.4) is 0 Å². The highest BCUT2D eigenvalue weighted by atomic mass is 16.5. The molecule has 1 fully saturated rings. The van der Waals surface area contributed by atoms with Gasteiger partial charge in [-0.3, -0.25) is 9.48 Å². The van der Waals surface area contributed by atoms with Crippen molar-refractivity contribution in [2.45, 2.75) is 46.6 Å². The van der Waals surface area contributed by atoms with Gasteiger partial charge in [-0.05, 0) is 26.2 Å². The quantitative estimate of drug-likeness (QED) is 0.726. The maximum atomic E-state index is 12.6. The Bertz CT molecular complexity index is 470. The number of carbonyl (C=O) groups is 1. The minimum atomic E-state index is 0.118. The molecule has 1 aromatic heterocycles. The van der Waals surface area contributed by atoms with Crippen molar-refractivity contribution >= 4 is 5.91 Å². The van der Waals surface area contributed by atoms with Crippen LogP contribution in [0.4, 0.5) is 0 Å². The normalized spacial score (nSPS) is 18.4. The van der Waals surface area contributed by atoms with E-state index in [2.05, 4.69) is 18.9 Å². The molecule has 1 unspecified atom stereocenters. The van der Waals surface area contributed by atoms with Crippen LogP contribution in [-0.2, 0) is 11.3 Å². The topological polar surface area (TPSA) is 47.4 Å². The number of amides is 1. The van der Waals surface area contributed by atoms with E-state index in [-0.39, 0.29) is 5.91 Å². The highest BCUT2D eigenvalue weighted by Crippen LogP contribution is 2.20. The van der Waals surface area contributed by atoms with Crippen molar-refractivity contribution in [3.05, 3.63) is 17.5 Å². The summed E-state index contributed by atoms with van der Waals surface area (Å²) in [4.78, 5) is 14.5. The van der Waals surface area contributed by atoms with Crippen LogP contribution in [0.25, 0.3) is 0 Å². The van der Waals surface area contributed by atoms with Gasteiger partial charge in [-0.15, -0.1) is 0 Å². The first-order chi connectivity index (χ1) is 10.2. The molecule has 0 radical (unpaired) electrons. The van der Waals surface area contributed by atoms with Gasteiger partial charge in [0.05, 0.1) is 18.4 Å². The van der Waals surface area contributed by atoms with Crippen LogP contribution >= 0.6 is 0 Å². The largest absolute Gasteiger partial charge is 0.381 e. The molecule has 5 nitrogen and oxygen atoms in total. The number of aryl methyl sites for hydroxylation is 1. The van der Waals surface area contributed by atoms with Gasteiger partial charge in [-0.1, -0.05) is 13.8 Å². The lowest BCUT2D eigenvalue weighted by Gasteiger charge is -2.16. The summed E-state index contributed by atoms with van der Waals surface area (Å²) in [6, 6.07) is 0. The van der Waals surface area contributed by atoms with Crippen molar-refractivity contribution in [3.8, 4) is 0 Å². The third kappa shape index (κ3) is 3.84. The molecule has 0 aromatic carbocycles. The molecule has 1 atom stereocenters. The van der Waals surface area contributed by atoms with E-state index in [4.69, 9.17) is 4.74 Å². The van der Waals surface area contributed by atoms with Gasteiger partial charge in [-0.2, -0.15) is 5.10 Å². The molecule has 1 aliphatic rings. The summed E-state index contributed by atoms with van der Waals surface area (Å²) >= 11 is 0. The van der Waals surface area contributed by atoms with Crippen LogP contribution in [-0.4, -0.2) is 46.9 Å². The van der Waals surface area contributed by atoms with Crippen LogP contribution in [0.2, 0.25) is 0 Å². The number of hydrogen-bond acceptors (Lipinski definition) is 3. The van der Waals surface area contributed by atoms with Gasteiger partial charge in [0.2, 0.25) is 0 Å². The summed E-state index contributed by atoms with van der Waals surface area (Å²) < 4.78 is 7.53. The first-order valence-corrected chi connectivity index (χ1v) is 8.06. The fourth-order valence-corrected chi connectivity index (χ4v) is 2.81. The van der Waals surface area contributed by atoms with E-state index in [0.29, 0.717) is 5.92 Å². The summed E-state index contributed by atoms with van der Waals surface area (Å²) in [5, 5.41) is 4.32. The molecule has 2 rings (SSSR count). The molecule has 0 N–H and O–H groups in total. The van der Waals surface area contributed by atoms with Crippen LogP contribution in [0.1, 0.15) is 49.2 Å². The molecule has 21 heavy (non-hydrogen) atoms. The average Bonchev–Trinajstić information content (AvgIpc) is 3.07. The molecule has 0 saturated carbocycles. The molecular formula is C16H27N3O2. The molecule has 118 valence electrons. The third-order valence-electron chi connectivity index (χ3n) is 4.04. The van der Waals surface area contributed by atoms with Crippen molar-refractivity contribution in [1.82, 2.24) is 14.7 Å². The summed E-state index contributed by atoms with van der Waals surface area (Å²) in [5.41, 5.74) is 1.73. The van der Waals surface area contributed by atoms with Crippen LogP contribution in [0.5, 0.6) is 0 Å². The Morgan fingerprint density at radius 3 is 2.95 bits per heavy atom. The number of rotatable bonds is 7. The Morgan fingerprint density at radius 2 is 2.24 bits per heavy atom. The van der Waals surface area contributed by atoms with E-state index >= 15 is 0 Å². The summed E-state index contributed by atoms with van der Waals surface area (Å²) in [6.45, 7) is 10.3. The van der Waals surface area contributed by atoms with Gasteiger partial charge in [0.25, 0.3) is 5.91 Å². The monoisotopic (exact) mass is 293 g/mol. The highest BCUT2D eigenvalue weighted by Gasteiger charge is 2.28. The number of carbonyl (C=O) groups excluding carboxylic acids is 1. The predicted molar refractivity (Wildman–Crippen MR) is 82.4 cm³/mol. The Balaban J connectivity index is 1.92. The van der Waals surface area contributed by atoms with Gasteiger partial charge < -0.3 is 9.64 Å². The first kappa shape index (κ1) is 16.0. The number of likely N-dealkylation sites (tertiary alicyclic amines) is 1. The number of ether oxygens (including phenoxy) is 1. The zero-order valence-electron chi connectivity index (χ0n) is 13.5. The van der Waals surface area contributed by atoms with E-state index in [1.807, 2.05) is 16.5 Å². The fourth-order valence-electron chi connectivity index (χ4n) is 2.81. The van der Waals surface area contributed by atoms with Crippen molar-refractivity contribution in [3.63, 3.8) is 0 Å². The lowest BCUT2D eigenvalue weighted by molar-refractivity contribution is 0.0753. The summed E-state index contributed by atoms with van der Waals surface area (Å²) in [7, 11) is 0. The van der Waals surface area contributed by atoms with E-state index in [1.54, 1.807) is 6.20 Å². The molecule has 0 aliphatic carbocycles. The van der Waals surface area contributed by atoms with Crippen molar-refractivity contribution < 1.29 is 9.53 Å². The summed E-state index contributed by atoms with van der Waals surface area (Å²) in [6.07, 6.45) is 4.83. The molecule has 1 amide bonds. The third-order valence-corrected chi connectivity index (χ3v) is 4.04. The van der Waals surface area contributed by atoms with Gasteiger partial charge >= 0.3 is 0 Å². The zero-order chi connectivity index (χ0) is 15.2. The molecule has 2 heterocycles. The standard InChI is InChI=1S/C16H27N3O2/c1-4-7-19-13(3)15(10-17-19)16(20)18-8-6-14(11-18)12-21-9-5-2/h10,14H,4-9,11-12H2,1-3H3. The number of hydrogen-bond donors (Lipinski definition) is 0. The molecule has 1 aliphatic heterocycles. The maximum Gasteiger partial charge on any atom is 0.257 e. The van der Waals surface area contributed by atoms with Gasteiger partial charge in [-0.25, -0.2) is 0 Å². The lowest BCUT2D eigenvalue weighted by Crippen LogP contribution is -2.29. The fraction of sp³-hybridized carbons (Fsp3) is 0.750. The lowest BCUT2D eigenvalue weighted by atomic mass is 10.1. The van der Waals surface area contributed by atoms with Gasteiger partial charge in [0, 0.05) is 37.9 Å². The van der Waals surface area contributed by atoms with Crippen molar-refractivity contribution in [1.29, 1.82) is 0 Å². The number of nitrogens with zero attached hydrogens (tertiary/aromatic N) is 3. The first-order valence-electron chi connectivity index (χ1n) is 8.06. The van der Waals surface area contributed by atoms with E-state index in [1.165, 1.54) is 0 Å². The van der Waals surface area contributed by atoms with Crippen LogP contribution in [0, 0.1) is 12.8 Å². The molecule has 1 aromatic rings. The Labute approximate surface area is 127 Å². The highest BCUT2D eigenvalue weighted by molar-refractivity contribution is 5.95. The maximum absolute atomic E-state index is 12.6. The van der Waals surface area contributed by atoms with E-state index in [9.17, 15) is 4.79 Å². The second kappa shape index (κ2) is 7.59. The Hall–Kier alpha value is -1.36. The van der Waals surface area contributed by atoms with Crippen molar-refractivity contribution in [2.75, 3.05) is 26.3 Å². The molecule has 1 saturated heterocycles. The average molecular weight is 293 g/mol. The molecular weight excluding hydrogens is 266 g/mol. The zero-order valence-corrected chi connectivity index (χ0v) is 13.5. The van der Waals surface area contributed by atoms with Gasteiger partial charge in [0.15, 0.2) is 0 Å². The van der Waals surface area contributed by atoms with Crippen LogP contribution in [0.15, 0.2) is 6.20 Å². The van der Waals surface area contributed by atoms with E-state index < -0.39 is 0 Å².